The van der Waals surface area contributed by atoms with Crippen LogP contribution in [0.1, 0.15) is 54.1 Å². The summed E-state index contributed by atoms with van der Waals surface area (Å²) in [6.45, 7) is 4.45. The normalized spacial score (nSPS) is 27.9. The van der Waals surface area contributed by atoms with Gasteiger partial charge in [0.15, 0.2) is 0 Å². The smallest absolute Gasteiger partial charge is 0.254 e. The van der Waals surface area contributed by atoms with Gasteiger partial charge in [0.05, 0.1) is 6.04 Å². The summed E-state index contributed by atoms with van der Waals surface area (Å²) >= 11 is 0. The molecule has 2 aliphatic heterocycles. The van der Waals surface area contributed by atoms with E-state index in [0.29, 0.717) is 11.8 Å². The molecule has 2 heterocycles. The molecular weight excluding hydrogens is 356 g/mol. The van der Waals surface area contributed by atoms with Crippen LogP contribution < -0.4 is 0 Å². The lowest BCUT2D eigenvalue weighted by atomic mass is 9.88. The van der Waals surface area contributed by atoms with Crippen molar-refractivity contribution in [3.63, 3.8) is 0 Å². The Morgan fingerprint density at radius 2 is 1.52 bits per heavy atom. The topological polar surface area (TPSA) is 23.6 Å². The summed E-state index contributed by atoms with van der Waals surface area (Å²) in [7, 11) is 0. The van der Waals surface area contributed by atoms with Crippen LogP contribution in [0.25, 0.3) is 0 Å². The van der Waals surface area contributed by atoms with E-state index < -0.39 is 0 Å². The molecule has 2 aromatic rings. The van der Waals surface area contributed by atoms with Gasteiger partial charge in [0.2, 0.25) is 0 Å². The van der Waals surface area contributed by atoms with Crippen LogP contribution in [0, 0.1) is 17.8 Å². The summed E-state index contributed by atoms with van der Waals surface area (Å²) in [6, 6.07) is 20.7. The number of rotatable bonds is 4. The zero-order valence-electron chi connectivity index (χ0n) is 17.2. The predicted molar refractivity (Wildman–Crippen MR) is 117 cm³/mol. The summed E-state index contributed by atoms with van der Waals surface area (Å²) in [5.74, 6) is 2.22. The Hall–Kier alpha value is -2.13. The molecule has 5 rings (SSSR count). The monoisotopic (exact) mass is 388 g/mol. The van der Waals surface area contributed by atoms with Crippen molar-refractivity contribution in [1.29, 1.82) is 0 Å². The molecule has 0 aromatic heterocycles. The van der Waals surface area contributed by atoms with Crippen LogP contribution in [0.15, 0.2) is 60.7 Å². The van der Waals surface area contributed by atoms with E-state index in [9.17, 15) is 4.79 Å². The molecule has 1 saturated carbocycles. The van der Waals surface area contributed by atoms with Gasteiger partial charge in [-0.15, -0.1) is 0 Å². The molecule has 2 saturated heterocycles. The maximum atomic E-state index is 13.4. The number of nitrogens with zero attached hydrogens (tertiary/aromatic N) is 2. The number of benzene rings is 2. The zero-order valence-corrected chi connectivity index (χ0v) is 17.2. The van der Waals surface area contributed by atoms with Crippen molar-refractivity contribution in [3.8, 4) is 0 Å². The summed E-state index contributed by atoms with van der Waals surface area (Å²) < 4.78 is 0. The summed E-state index contributed by atoms with van der Waals surface area (Å²) in [4.78, 5) is 18.3. The average Bonchev–Trinajstić information content (AvgIpc) is 3.32. The van der Waals surface area contributed by atoms with Gasteiger partial charge in [-0.25, -0.2) is 0 Å². The van der Waals surface area contributed by atoms with E-state index >= 15 is 0 Å². The minimum Gasteiger partial charge on any atom is -0.331 e. The maximum absolute atomic E-state index is 13.4. The first-order valence-corrected chi connectivity index (χ1v) is 11.4. The third kappa shape index (κ3) is 3.85. The van der Waals surface area contributed by atoms with E-state index in [0.717, 1.165) is 31.1 Å². The number of hydrogen-bond donors (Lipinski definition) is 0. The fourth-order valence-electron chi connectivity index (χ4n) is 6.05. The molecule has 0 bridgehead atoms. The molecule has 0 unspecified atom stereocenters. The molecule has 0 N–H and O–H groups in total. The molecule has 0 spiro atoms. The van der Waals surface area contributed by atoms with Crippen molar-refractivity contribution >= 4 is 5.91 Å². The maximum Gasteiger partial charge on any atom is 0.254 e. The van der Waals surface area contributed by atoms with E-state index in [4.69, 9.17) is 0 Å². The van der Waals surface area contributed by atoms with E-state index in [2.05, 4.69) is 40.1 Å². The Bertz CT molecular complexity index is 815. The summed E-state index contributed by atoms with van der Waals surface area (Å²) in [6.07, 6.45) is 7.07. The quantitative estimate of drug-likeness (QED) is 0.735. The van der Waals surface area contributed by atoms with E-state index in [-0.39, 0.29) is 11.9 Å². The van der Waals surface area contributed by atoms with Crippen molar-refractivity contribution in [2.45, 2.75) is 38.1 Å². The van der Waals surface area contributed by atoms with Crippen LogP contribution in [0.2, 0.25) is 0 Å². The van der Waals surface area contributed by atoms with Crippen LogP contribution in [0.4, 0.5) is 0 Å². The highest BCUT2D eigenvalue weighted by Crippen LogP contribution is 2.46. The molecular formula is C26H32N2O. The van der Waals surface area contributed by atoms with Gasteiger partial charge in [-0.3, -0.25) is 4.79 Å². The van der Waals surface area contributed by atoms with Gasteiger partial charge in [-0.05, 0) is 42.4 Å². The summed E-state index contributed by atoms with van der Waals surface area (Å²) in [5.41, 5.74) is 2.11. The highest BCUT2D eigenvalue weighted by Gasteiger charge is 2.49. The largest absolute Gasteiger partial charge is 0.331 e. The Morgan fingerprint density at radius 1 is 0.828 bits per heavy atom. The fraction of sp³-hybridized carbons (Fsp3) is 0.500. The van der Waals surface area contributed by atoms with Crippen LogP contribution >= 0.6 is 0 Å². The third-order valence-electron chi connectivity index (χ3n) is 7.40. The van der Waals surface area contributed by atoms with Crippen LogP contribution in [-0.2, 0) is 0 Å². The zero-order chi connectivity index (χ0) is 19.6. The number of likely N-dealkylation sites (tertiary alicyclic amines) is 2. The first-order chi connectivity index (χ1) is 14.3. The van der Waals surface area contributed by atoms with Gasteiger partial charge < -0.3 is 9.80 Å². The lowest BCUT2D eigenvalue weighted by Crippen LogP contribution is -2.37. The molecule has 1 amide bonds. The number of amides is 1. The lowest BCUT2D eigenvalue weighted by molar-refractivity contribution is 0.0697. The number of carbonyl (C=O) groups excluding carboxylic acids is 1. The Balaban J connectivity index is 1.36. The average molecular weight is 389 g/mol. The number of carbonyl (C=O) groups is 1. The molecule has 3 nitrogen and oxygen atoms in total. The van der Waals surface area contributed by atoms with Gasteiger partial charge in [0.25, 0.3) is 5.91 Å². The fourth-order valence-corrected chi connectivity index (χ4v) is 6.05. The second kappa shape index (κ2) is 8.31. The highest BCUT2D eigenvalue weighted by molar-refractivity contribution is 5.94. The van der Waals surface area contributed by atoms with Crippen molar-refractivity contribution in [2.24, 2.45) is 17.8 Å². The predicted octanol–water partition coefficient (Wildman–Crippen LogP) is 5.01. The first kappa shape index (κ1) is 18.9. The van der Waals surface area contributed by atoms with E-state index in [1.165, 1.54) is 44.2 Å². The molecule has 3 aliphatic rings. The molecule has 29 heavy (non-hydrogen) atoms. The molecule has 2 aromatic carbocycles. The Morgan fingerprint density at radius 3 is 2.24 bits per heavy atom. The number of fused-ring (bicyclic) bond motifs is 1. The van der Waals surface area contributed by atoms with Crippen molar-refractivity contribution in [2.75, 3.05) is 26.2 Å². The number of hydrogen-bond acceptors (Lipinski definition) is 2. The molecule has 0 radical (unpaired) electrons. The van der Waals surface area contributed by atoms with E-state index in [1.807, 2.05) is 30.3 Å². The molecule has 3 atom stereocenters. The standard InChI is InChI=1S/C26H32N2O/c29-26(22-14-8-3-9-15-22)28-18-23-17-27(16-20-10-4-1-5-11-20)19-24(23)25(28)21-12-6-2-7-13-21/h2-3,6-9,12-15,20,23-25H,1,4-5,10-11,16-19H2/t23-,24-,25+/m0/s1. The van der Waals surface area contributed by atoms with Gasteiger partial charge in [-0.2, -0.15) is 0 Å². The molecule has 3 fully saturated rings. The Kier molecular flexibility index (Phi) is 5.41. The second-order valence-corrected chi connectivity index (χ2v) is 9.33. The van der Waals surface area contributed by atoms with Crippen LogP contribution in [0.3, 0.4) is 0 Å². The van der Waals surface area contributed by atoms with Gasteiger partial charge >= 0.3 is 0 Å². The van der Waals surface area contributed by atoms with Gasteiger partial charge in [-0.1, -0.05) is 67.8 Å². The minimum absolute atomic E-state index is 0.188. The van der Waals surface area contributed by atoms with Crippen LogP contribution in [0.5, 0.6) is 0 Å². The second-order valence-electron chi connectivity index (χ2n) is 9.33. The molecule has 1 aliphatic carbocycles. The SMILES string of the molecule is O=C(c1ccccc1)N1C[C@@H]2CN(CC3CCCCC3)C[C@@H]2[C@H]1c1ccccc1. The third-order valence-corrected chi connectivity index (χ3v) is 7.40. The van der Waals surface area contributed by atoms with E-state index in [1.54, 1.807) is 0 Å². The highest BCUT2D eigenvalue weighted by atomic mass is 16.2. The molecule has 152 valence electrons. The molecule has 3 heteroatoms. The van der Waals surface area contributed by atoms with Gasteiger partial charge in [0.1, 0.15) is 0 Å². The van der Waals surface area contributed by atoms with Crippen molar-refractivity contribution < 1.29 is 4.79 Å². The Labute approximate surface area is 174 Å². The minimum atomic E-state index is 0.188. The first-order valence-electron chi connectivity index (χ1n) is 11.4. The van der Waals surface area contributed by atoms with Crippen molar-refractivity contribution in [1.82, 2.24) is 9.80 Å². The van der Waals surface area contributed by atoms with Crippen LogP contribution in [-0.4, -0.2) is 41.9 Å². The van der Waals surface area contributed by atoms with Crippen molar-refractivity contribution in [3.05, 3.63) is 71.8 Å². The summed E-state index contributed by atoms with van der Waals surface area (Å²) in [5, 5.41) is 0. The van der Waals surface area contributed by atoms with Gasteiger partial charge in [0, 0.05) is 37.7 Å². The lowest BCUT2D eigenvalue weighted by Gasteiger charge is -2.32.